The molecule has 0 aliphatic rings. The van der Waals surface area contributed by atoms with Crippen molar-refractivity contribution in [2.24, 2.45) is 5.84 Å². The maximum absolute atomic E-state index is 5.77. The highest BCUT2D eigenvalue weighted by atomic mass is 32.2. The molecule has 0 amide bonds. The number of thioether (sulfide) groups is 1. The fourth-order valence-corrected chi connectivity index (χ4v) is 2.91. The number of hydrogen-bond acceptors (Lipinski definition) is 3. The lowest BCUT2D eigenvalue weighted by Crippen LogP contribution is -2.28. The van der Waals surface area contributed by atoms with Crippen LogP contribution in [0.3, 0.4) is 0 Å². The molecule has 0 radical (unpaired) electrons. The van der Waals surface area contributed by atoms with Crippen molar-refractivity contribution in [3.8, 4) is 0 Å². The molecule has 20 heavy (non-hydrogen) atoms. The molecule has 0 aliphatic heterocycles. The standard InChI is InChI=1S/C17H22N2S/c1-4-20-16-9-7-14(8-10-16)17(19-18)15-6-5-12(2)13(3)11-15/h5-11,17,19H,4,18H2,1-3H3. The van der Waals surface area contributed by atoms with E-state index in [9.17, 15) is 0 Å². The summed E-state index contributed by atoms with van der Waals surface area (Å²) >= 11 is 1.85. The van der Waals surface area contributed by atoms with Gasteiger partial charge in [-0.15, -0.1) is 11.8 Å². The molecule has 106 valence electrons. The Bertz CT molecular complexity index is 564. The normalized spacial score (nSPS) is 12.4. The van der Waals surface area contributed by atoms with E-state index in [0.717, 1.165) is 5.75 Å². The monoisotopic (exact) mass is 286 g/mol. The molecule has 2 nitrogen and oxygen atoms in total. The Hall–Kier alpha value is -1.29. The third-order valence-corrected chi connectivity index (χ3v) is 4.45. The average molecular weight is 286 g/mol. The number of aryl methyl sites for hydroxylation is 2. The van der Waals surface area contributed by atoms with Crippen LogP contribution in [0.4, 0.5) is 0 Å². The number of nitrogens with two attached hydrogens (primary N) is 1. The van der Waals surface area contributed by atoms with E-state index < -0.39 is 0 Å². The quantitative estimate of drug-likeness (QED) is 0.496. The van der Waals surface area contributed by atoms with E-state index >= 15 is 0 Å². The van der Waals surface area contributed by atoms with Gasteiger partial charge in [-0.2, -0.15) is 0 Å². The van der Waals surface area contributed by atoms with Gasteiger partial charge >= 0.3 is 0 Å². The van der Waals surface area contributed by atoms with Gasteiger partial charge in [0.1, 0.15) is 0 Å². The minimum absolute atomic E-state index is 0.0370. The maximum Gasteiger partial charge on any atom is 0.0710 e. The number of rotatable bonds is 5. The van der Waals surface area contributed by atoms with Crippen LogP contribution in [-0.4, -0.2) is 5.75 Å². The molecule has 0 spiro atoms. The summed E-state index contributed by atoms with van der Waals surface area (Å²) in [5, 5.41) is 0. The first-order valence-electron chi connectivity index (χ1n) is 6.91. The van der Waals surface area contributed by atoms with Crippen molar-refractivity contribution < 1.29 is 0 Å². The van der Waals surface area contributed by atoms with Crippen LogP contribution in [0, 0.1) is 13.8 Å². The number of nitrogens with one attached hydrogen (secondary N) is 1. The summed E-state index contributed by atoms with van der Waals surface area (Å²) in [4.78, 5) is 1.30. The molecule has 0 saturated heterocycles. The van der Waals surface area contributed by atoms with E-state index in [-0.39, 0.29) is 6.04 Å². The Morgan fingerprint density at radius 2 is 1.65 bits per heavy atom. The smallest absolute Gasteiger partial charge is 0.0710 e. The van der Waals surface area contributed by atoms with Crippen LogP contribution >= 0.6 is 11.8 Å². The third-order valence-electron chi connectivity index (χ3n) is 3.56. The predicted octanol–water partition coefficient (Wildman–Crippen LogP) is 3.97. The lowest BCUT2D eigenvalue weighted by Gasteiger charge is -2.18. The summed E-state index contributed by atoms with van der Waals surface area (Å²) in [5.74, 6) is 6.86. The Morgan fingerprint density at radius 3 is 2.20 bits per heavy atom. The van der Waals surface area contributed by atoms with Crippen LogP contribution in [0.5, 0.6) is 0 Å². The lowest BCUT2D eigenvalue weighted by atomic mass is 9.96. The van der Waals surface area contributed by atoms with E-state index in [1.807, 2.05) is 11.8 Å². The predicted molar refractivity (Wildman–Crippen MR) is 87.9 cm³/mol. The Morgan fingerprint density at radius 1 is 1.00 bits per heavy atom. The molecular formula is C17H22N2S. The average Bonchev–Trinajstić information content (AvgIpc) is 2.46. The first-order valence-corrected chi connectivity index (χ1v) is 7.90. The second-order valence-electron chi connectivity index (χ2n) is 4.95. The lowest BCUT2D eigenvalue weighted by molar-refractivity contribution is 0.636. The van der Waals surface area contributed by atoms with Gasteiger partial charge in [-0.3, -0.25) is 5.84 Å². The van der Waals surface area contributed by atoms with Gasteiger partial charge in [0.25, 0.3) is 0 Å². The zero-order valence-corrected chi connectivity index (χ0v) is 13.1. The Kier molecular flexibility index (Phi) is 5.24. The largest absolute Gasteiger partial charge is 0.271 e. The van der Waals surface area contributed by atoms with Crippen LogP contribution in [0.15, 0.2) is 47.4 Å². The van der Waals surface area contributed by atoms with Crippen molar-refractivity contribution in [3.63, 3.8) is 0 Å². The molecule has 0 bridgehead atoms. The van der Waals surface area contributed by atoms with Crippen LogP contribution < -0.4 is 11.3 Å². The van der Waals surface area contributed by atoms with E-state index in [1.54, 1.807) is 0 Å². The van der Waals surface area contributed by atoms with Crippen molar-refractivity contribution in [3.05, 3.63) is 64.7 Å². The van der Waals surface area contributed by atoms with Gasteiger partial charge < -0.3 is 0 Å². The topological polar surface area (TPSA) is 38.0 Å². The zero-order chi connectivity index (χ0) is 14.5. The molecule has 3 heteroatoms. The SMILES string of the molecule is CCSc1ccc(C(NN)c2ccc(C)c(C)c2)cc1. The van der Waals surface area contributed by atoms with Crippen LogP contribution in [0.25, 0.3) is 0 Å². The highest BCUT2D eigenvalue weighted by molar-refractivity contribution is 7.99. The fraction of sp³-hybridized carbons (Fsp3) is 0.294. The molecular weight excluding hydrogens is 264 g/mol. The van der Waals surface area contributed by atoms with E-state index in [2.05, 4.69) is 68.7 Å². The molecule has 0 aromatic heterocycles. The molecule has 3 N–H and O–H groups in total. The molecule has 2 aromatic rings. The van der Waals surface area contributed by atoms with Crippen molar-refractivity contribution in [2.45, 2.75) is 31.7 Å². The summed E-state index contributed by atoms with van der Waals surface area (Å²) in [5.41, 5.74) is 7.91. The zero-order valence-electron chi connectivity index (χ0n) is 12.3. The summed E-state index contributed by atoms with van der Waals surface area (Å²) in [6.07, 6.45) is 0. The van der Waals surface area contributed by atoms with E-state index in [4.69, 9.17) is 5.84 Å². The van der Waals surface area contributed by atoms with Gasteiger partial charge in [0.2, 0.25) is 0 Å². The summed E-state index contributed by atoms with van der Waals surface area (Å²) in [7, 11) is 0. The molecule has 0 aliphatic carbocycles. The molecule has 2 aromatic carbocycles. The molecule has 1 unspecified atom stereocenters. The minimum atomic E-state index is 0.0370. The first-order chi connectivity index (χ1) is 9.65. The van der Waals surface area contributed by atoms with Crippen molar-refractivity contribution in [1.82, 2.24) is 5.43 Å². The van der Waals surface area contributed by atoms with Gasteiger partial charge in [-0.05, 0) is 54.0 Å². The van der Waals surface area contributed by atoms with Crippen LogP contribution in [0.1, 0.15) is 35.2 Å². The number of benzene rings is 2. The van der Waals surface area contributed by atoms with Gasteiger partial charge in [0, 0.05) is 4.90 Å². The number of hydrazine groups is 1. The van der Waals surface area contributed by atoms with Gasteiger partial charge in [0.15, 0.2) is 0 Å². The maximum atomic E-state index is 5.77. The minimum Gasteiger partial charge on any atom is -0.271 e. The Balaban J connectivity index is 2.29. The highest BCUT2D eigenvalue weighted by Gasteiger charge is 2.12. The van der Waals surface area contributed by atoms with Gasteiger partial charge in [-0.25, -0.2) is 5.43 Å². The van der Waals surface area contributed by atoms with Crippen molar-refractivity contribution >= 4 is 11.8 Å². The third kappa shape index (κ3) is 3.42. The van der Waals surface area contributed by atoms with Crippen molar-refractivity contribution in [2.75, 3.05) is 5.75 Å². The molecule has 0 heterocycles. The summed E-state index contributed by atoms with van der Waals surface area (Å²) in [6, 6.07) is 15.2. The van der Waals surface area contributed by atoms with E-state index in [1.165, 1.54) is 27.1 Å². The van der Waals surface area contributed by atoms with Crippen molar-refractivity contribution in [1.29, 1.82) is 0 Å². The van der Waals surface area contributed by atoms with Crippen LogP contribution in [-0.2, 0) is 0 Å². The number of hydrogen-bond donors (Lipinski definition) is 2. The first kappa shape index (κ1) is 15.1. The summed E-state index contributed by atoms with van der Waals surface area (Å²) < 4.78 is 0. The van der Waals surface area contributed by atoms with Gasteiger partial charge in [0.05, 0.1) is 6.04 Å². The Labute approximate surface area is 125 Å². The highest BCUT2D eigenvalue weighted by Crippen LogP contribution is 2.26. The van der Waals surface area contributed by atoms with E-state index in [0.29, 0.717) is 0 Å². The molecule has 2 rings (SSSR count). The molecule has 1 atom stereocenters. The van der Waals surface area contributed by atoms with Gasteiger partial charge in [-0.1, -0.05) is 37.3 Å². The summed E-state index contributed by atoms with van der Waals surface area (Å²) in [6.45, 7) is 6.42. The molecule has 0 fully saturated rings. The molecule has 0 saturated carbocycles. The fourth-order valence-electron chi connectivity index (χ4n) is 2.25. The second-order valence-corrected chi connectivity index (χ2v) is 6.28. The second kappa shape index (κ2) is 6.93. The van der Waals surface area contributed by atoms with Crippen LogP contribution in [0.2, 0.25) is 0 Å².